The summed E-state index contributed by atoms with van der Waals surface area (Å²) in [6.45, 7) is 0.236. The second-order valence-corrected chi connectivity index (χ2v) is 9.77. The Labute approximate surface area is 165 Å². The molecule has 142 valence electrons. The second kappa shape index (κ2) is 7.19. The lowest BCUT2D eigenvalue weighted by molar-refractivity contribution is 0.588. The Bertz CT molecular complexity index is 1070. The molecule has 3 aromatic heterocycles. The predicted octanol–water partition coefficient (Wildman–Crippen LogP) is 3.25. The van der Waals surface area contributed by atoms with Crippen LogP contribution in [0.25, 0.3) is 10.7 Å². The molecule has 8 nitrogen and oxygen atoms in total. The monoisotopic (exact) mass is 424 g/mol. The van der Waals surface area contributed by atoms with E-state index in [0.29, 0.717) is 28.4 Å². The molecule has 1 aliphatic carbocycles. The fourth-order valence-corrected chi connectivity index (χ4v) is 4.03. The van der Waals surface area contributed by atoms with E-state index in [1.54, 1.807) is 0 Å². The average molecular weight is 425 g/mol. The average Bonchev–Trinajstić information content (AvgIpc) is 3.17. The van der Waals surface area contributed by atoms with Crippen molar-refractivity contribution in [1.82, 2.24) is 24.9 Å². The first-order valence-corrected chi connectivity index (χ1v) is 11.3. The number of rotatable bonds is 7. The van der Waals surface area contributed by atoms with E-state index in [0.717, 1.165) is 21.7 Å². The Morgan fingerprint density at radius 2 is 2.19 bits per heavy atom. The van der Waals surface area contributed by atoms with E-state index in [2.05, 4.69) is 30.2 Å². The van der Waals surface area contributed by atoms with Gasteiger partial charge in [0.1, 0.15) is 5.02 Å². The maximum absolute atomic E-state index is 11.2. The summed E-state index contributed by atoms with van der Waals surface area (Å²) in [5.74, 6) is 2.22. The van der Waals surface area contributed by atoms with Crippen molar-refractivity contribution < 1.29 is 8.42 Å². The van der Waals surface area contributed by atoms with Crippen molar-refractivity contribution in [1.29, 1.82) is 0 Å². The molecule has 0 bridgehead atoms. The van der Waals surface area contributed by atoms with E-state index in [1.165, 1.54) is 30.4 Å². The second-order valence-electron chi connectivity index (χ2n) is 6.36. The van der Waals surface area contributed by atoms with Gasteiger partial charge in [-0.25, -0.2) is 23.1 Å². The summed E-state index contributed by atoms with van der Waals surface area (Å²) in [7, 11) is -3.24. The van der Waals surface area contributed by atoms with E-state index < -0.39 is 10.0 Å². The Hall–Kier alpha value is -2.01. The van der Waals surface area contributed by atoms with Gasteiger partial charge in [0, 0.05) is 29.1 Å². The lowest BCUT2D eigenvalue weighted by Gasteiger charge is -2.05. The zero-order chi connectivity index (χ0) is 19.0. The smallest absolute Gasteiger partial charge is 0.209 e. The van der Waals surface area contributed by atoms with Crippen LogP contribution in [0.5, 0.6) is 0 Å². The Morgan fingerprint density at radius 1 is 1.37 bits per heavy atom. The van der Waals surface area contributed by atoms with Crippen LogP contribution in [0, 0.1) is 0 Å². The highest BCUT2D eigenvalue weighted by Gasteiger charge is 2.25. The molecule has 0 spiro atoms. The van der Waals surface area contributed by atoms with E-state index in [1.807, 2.05) is 18.2 Å². The molecule has 1 fully saturated rings. The first kappa shape index (κ1) is 18.4. The van der Waals surface area contributed by atoms with Gasteiger partial charge in [-0.15, -0.1) is 11.3 Å². The Morgan fingerprint density at radius 3 is 2.93 bits per heavy atom. The number of H-pyrrole nitrogens is 1. The van der Waals surface area contributed by atoms with Gasteiger partial charge in [-0.1, -0.05) is 11.6 Å². The highest BCUT2D eigenvalue weighted by molar-refractivity contribution is 7.88. The standard InChI is InChI=1S/C16H17ClN6O2S2/c1-27(24,25)19-7-10-4-5-13(26-10)16-18-8-11(17)15(21-16)20-14-6-12(22-23-14)9-2-3-9/h4-6,8-9,19H,2-3,7H2,1H3,(H2,18,20,21,22,23). The maximum atomic E-state index is 11.2. The fourth-order valence-electron chi connectivity index (χ4n) is 2.49. The molecule has 3 aromatic rings. The molecule has 4 rings (SSSR count). The number of hydrogen-bond acceptors (Lipinski definition) is 7. The minimum absolute atomic E-state index is 0.236. The van der Waals surface area contributed by atoms with Crippen molar-refractivity contribution in [2.45, 2.75) is 25.3 Å². The van der Waals surface area contributed by atoms with Gasteiger partial charge in [0.2, 0.25) is 10.0 Å². The normalized spacial score (nSPS) is 14.4. The van der Waals surface area contributed by atoms with Crippen LogP contribution in [-0.2, 0) is 16.6 Å². The molecule has 3 heterocycles. The van der Waals surface area contributed by atoms with E-state index in [-0.39, 0.29) is 6.54 Å². The zero-order valence-corrected chi connectivity index (χ0v) is 16.7. The lowest BCUT2D eigenvalue weighted by Crippen LogP contribution is -2.20. The third-order valence-electron chi connectivity index (χ3n) is 4.00. The van der Waals surface area contributed by atoms with Gasteiger partial charge in [0.05, 0.1) is 17.3 Å². The van der Waals surface area contributed by atoms with Gasteiger partial charge in [-0.3, -0.25) is 5.10 Å². The number of aromatic nitrogens is 4. The molecule has 1 aliphatic rings. The third kappa shape index (κ3) is 4.64. The molecule has 11 heteroatoms. The molecular formula is C16H17ClN6O2S2. The third-order valence-corrected chi connectivity index (χ3v) is 6.02. The number of nitrogens with zero attached hydrogens (tertiary/aromatic N) is 3. The summed E-state index contributed by atoms with van der Waals surface area (Å²) in [6.07, 6.45) is 5.05. The molecule has 1 saturated carbocycles. The molecule has 0 amide bonds. The molecule has 27 heavy (non-hydrogen) atoms. The highest BCUT2D eigenvalue weighted by Crippen LogP contribution is 2.40. The Balaban J connectivity index is 1.52. The number of thiophene rings is 1. The van der Waals surface area contributed by atoms with Crippen LogP contribution >= 0.6 is 22.9 Å². The van der Waals surface area contributed by atoms with Crippen LogP contribution < -0.4 is 10.0 Å². The SMILES string of the molecule is CS(=O)(=O)NCc1ccc(-c2ncc(Cl)c(Nc3cc(C4CC4)[nH]n3)n2)s1. The predicted molar refractivity (Wildman–Crippen MR) is 106 cm³/mol. The van der Waals surface area contributed by atoms with Crippen LogP contribution in [0.3, 0.4) is 0 Å². The maximum Gasteiger partial charge on any atom is 0.209 e. The minimum atomic E-state index is -3.24. The molecule has 0 unspecified atom stereocenters. The van der Waals surface area contributed by atoms with Crippen molar-refractivity contribution in [3.05, 3.63) is 40.0 Å². The van der Waals surface area contributed by atoms with Crippen molar-refractivity contribution in [2.75, 3.05) is 11.6 Å². The van der Waals surface area contributed by atoms with E-state index >= 15 is 0 Å². The number of nitrogens with one attached hydrogen (secondary N) is 3. The fraction of sp³-hybridized carbons (Fsp3) is 0.312. The molecule has 0 atom stereocenters. The molecule has 0 aliphatic heterocycles. The number of halogens is 1. The van der Waals surface area contributed by atoms with Gasteiger partial charge in [-0.2, -0.15) is 5.10 Å². The van der Waals surface area contributed by atoms with Crippen molar-refractivity contribution in [3.63, 3.8) is 0 Å². The number of anilines is 2. The highest BCUT2D eigenvalue weighted by atomic mass is 35.5. The van der Waals surface area contributed by atoms with Crippen LogP contribution in [0.1, 0.15) is 29.3 Å². The van der Waals surface area contributed by atoms with Crippen molar-refractivity contribution >= 4 is 44.6 Å². The summed E-state index contributed by atoms with van der Waals surface area (Å²) in [5.41, 5.74) is 1.11. The zero-order valence-electron chi connectivity index (χ0n) is 14.4. The molecule has 0 aromatic carbocycles. The summed E-state index contributed by atoms with van der Waals surface area (Å²) in [4.78, 5) is 10.5. The van der Waals surface area contributed by atoms with Gasteiger partial charge < -0.3 is 5.32 Å². The summed E-state index contributed by atoms with van der Waals surface area (Å²) >= 11 is 7.64. The van der Waals surface area contributed by atoms with Gasteiger partial charge in [0.25, 0.3) is 0 Å². The molecule has 3 N–H and O–H groups in total. The minimum Gasteiger partial charge on any atom is -0.322 e. The topological polar surface area (TPSA) is 113 Å². The first-order chi connectivity index (χ1) is 12.9. The lowest BCUT2D eigenvalue weighted by atomic mass is 10.3. The molecular weight excluding hydrogens is 408 g/mol. The van der Waals surface area contributed by atoms with E-state index in [9.17, 15) is 8.42 Å². The number of hydrogen-bond donors (Lipinski definition) is 3. The van der Waals surface area contributed by atoms with Crippen molar-refractivity contribution in [2.24, 2.45) is 0 Å². The van der Waals surface area contributed by atoms with Crippen LogP contribution in [-0.4, -0.2) is 34.8 Å². The van der Waals surface area contributed by atoms with Crippen LogP contribution in [0.4, 0.5) is 11.6 Å². The Kier molecular flexibility index (Phi) is 4.89. The quantitative estimate of drug-likeness (QED) is 0.536. The first-order valence-electron chi connectivity index (χ1n) is 8.26. The van der Waals surface area contributed by atoms with Gasteiger partial charge in [-0.05, 0) is 25.0 Å². The molecule has 0 radical (unpaired) electrons. The summed E-state index contributed by atoms with van der Waals surface area (Å²) < 4.78 is 24.9. The van der Waals surface area contributed by atoms with Crippen molar-refractivity contribution in [3.8, 4) is 10.7 Å². The summed E-state index contributed by atoms with van der Waals surface area (Å²) in [6, 6.07) is 5.67. The number of aromatic amines is 1. The van der Waals surface area contributed by atoms with Gasteiger partial charge >= 0.3 is 0 Å². The number of sulfonamides is 1. The largest absolute Gasteiger partial charge is 0.322 e. The van der Waals surface area contributed by atoms with Gasteiger partial charge in [0.15, 0.2) is 17.5 Å². The van der Waals surface area contributed by atoms with E-state index in [4.69, 9.17) is 11.6 Å². The van der Waals surface area contributed by atoms with Crippen LogP contribution in [0.2, 0.25) is 5.02 Å². The summed E-state index contributed by atoms with van der Waals surface area (Å²) in [5, 5.41) is 10.8. The van der Waals surface area contributed by atoms with Crippen LogP contribution in [0.15, 0.2) is 24.4 Å². The molecule has 0 saturated heterocycles.